The van der Waals surface area contributed by atoms with Gasteiger partial charge in [-0.2, -0.15) is 4.98 Å². The van der Waals surface area contributed by atoms with Crippen LogP contribution in [0.1, 0.15) is 0 Å². The Morgan fingerprint density at radius 3 is 2.69 bits per heavy atom. The molecule has 2 rings (SSSR count). The Morgan fingerprint density at radius 1 is 1.25 bits per heavy atom. The van der Waals surface area contributed by atoms with E-state index in [1.54, 1.807) is 18.2 Å². The maximum absolute atomic E-state index is 13.5. The fourth-order valence-electron chi connectivity index (χ4n) is 1.31. The van der Waals surface area contributed by atoms with E-state index in [4.69, 9.17) is 10.5 Å². The van der Waals surface area contributed by atoms with Gasteiger partial charge in [0.15, 0.2) is 5.82 Å². The van der Waals surface area contributed by atoms with Crippen molar-refractivity contribution in [1.82, 2.24) is 9.97 Å². The summed E-state index contributed by atoms with van der Waals surface area (Å²) in [5.41, 5.74) is 5.87. The smallest absolute Gasteiger partial charge is 0.218 e. The lowest BCUT2D eigenvalue weighted by Gasteiger charge is -2.05. The summed E-state index contributed by atoms with van der Waals surface area (Å²) in [5, 5.41) is 0. The van der Waals surface area contributed by atoms with Crippen molar-refractivity contribution in [1.29, 1.82) is 0 Å². The van der Waals surface area contributed by atoms with Gasteiger partial charge in [0, 0.05) is 6.07 Å². The molecule has 1 heterocycles. The van der Waals surface area contributed by atoms with E-state index in [9.17, 15) is 4.39 Å². The standard InChI is InChI=1S/C11H10FN3O/c1-16-10-6-9(13)14-11(15-10)7-4-2-3-5-8(7)12/h2-6H,1H3,(H2,13,14,15). The number of hydrogen-bond acceptors (Lipinski definition) is 4. The zero-order valence-corrected chi connectivity index (χ0v) is 8.64. The molecule has 0 aliphatic heterocycles. The molecular weight excluding hydrogens is 209 g/mol. The minimum Gasteiger partial charge on any atom is -0.481 e. The topological polar surface area (TPSA) is 61.0 Å². The number of nitrogens with zero attached hydrogens (tertiary/aromatic N) is 2. The van der Waals surface area contributed by atoms with Gasteiger partial charge in [0.1, 0.15) is 11.6 Å². The molecule has 4 nitrogen and oxygen atoms in total. The summed E-state index contributed by atoms with van der Waals surface area (Å²) in [4.78, 5) is 7.99. The van der Waals surface area contributed by atoms with Crippen molar-refractivity contribution in [3.63, 3.8) is 0 Å². The first-order chi connectivity index (χ1) is 7.70. The minimum absolute atomic E-state index is 0.218. The molecule has 82 valence electrons. The second kappa shape index (κ2) is 4.14. The maximum Gasteiger partial charge on any atom is 0.218 e. The van der Waals surface area contributed by atoms with E-state index >= 15 is 0 Å². The van der Waals surface area contributed by atoms with Crippen molar-refractivity contribution in [3.8, 4) is 17.3 Å². The van der Waals surface area contributed by atoms with Crippen molar-refractivity contribution in [3.05, 3.63) is 36.1 Å². The second-order valence-corrected chi connectivity index (χ2v) is 3.14. The molecule has 5 heteroatoms. The lowest BCUT2D eigenvalue weighted by molar-refractivity contribution is 0.398. The van der Waals surface area contributed by atoms with Gasteiger partial charge in [-0.3, -0.25) is 0 Å². The SMILES string of the molecule is COc1cc(N)nc(-c2ccccc2F)n1. The number of aromatic nitrogens is 2. The summed E-state index contributed by atoms with van der Waals surface area (Å²) in [5.74, 6) is 0.376. The van der Waals surface area contributed by atoms with Crippen LogP contribution in [0.2, 0.25) is 0 Å². The zero-order chi connectivity index (χ0) is 11.5. The van der Waals surface area contributed by atoms with E-state index in [1.165, 1.54) is 19.2 Å². The first-order valence-electron chi connectivity index (χ1n) is 4.64. The molecule has 0 aliphatic rings. The summed E-state index contributed by atoms with van der Waals surface area (Å²) in [6.07, 6.45) is 0. The van der Waals surface area contributed by atoms with Gasteiger partial charge in [0.05, 0.1) is 12.7 Å². The average Bonchev–Trinajstić information content (AvgIpc) is 2.28. The lowest BCUT2D eigenvalue weighted by atomic mass is 10.2. The fourth-order valence-corrected chi connectivity index (χ4v) is 1.31. The monoisotopic (exact) mass is 219 g/mol. The van der Waals surface area contributed by atoms with Crippen LogP contribution in [0.25, 0.3) is 11.4 Å². The number of nitrogens with two attached hydrogens (primary N) is 1. The van der Waals surface area contributed by atoms with Crippen LogP contribution in [-0.2, 0) is 0 Å². The van der Waals surface area contributed by atoms with Crippen LogP contribution in [0.5, 0.6) is 5.88 Å². The predicted octanol–water partition coefficient (Wildman–Crippen LogP) is 1.87. The first kappa shape index (κ1) is 10.4. The van der Waals surface area contributed by atoms with Gasteiger partial charge in [-0.15, -0.1) is 0 Å². The zero-order valence-electron chi connectivity index (χ0n) is 8.64. The maximum atomic E-state index is 13.5. The van der Waals surface area contributed by atoms with Crippen LogP contribution in [0.3, 0.4) is 0 Å². The Labute approximate surface area is 91.9 Å². The summed E-state index contributed by atoms with van der Waals surface area (Å²) in [6.45, 7) is 0. The van der Waals surface area contributed by atoms with Crippen LogP contribution in [0.15, 0.2) is 30.3 Å². The van der Waals surface area contributed by atoms with Gasteiger partial charge in [0.2, 0.25) is 5.88 Å². The Bertz CT molecular complexity index is 516. The molecule has 1 aromatic heterocycles. The summed E-state index contributed by atoms with van der Waals surface area (Å²) >= 11 is 0. The third-order valence-electron chi connectivity index (χ3n) is 2.05. The molecule has 0 bridgehead atoms. The molecule has 0 spiro atoms. The molecule has 0 radical (unpaired) electrons. The molecule has 0 saturated carbocycles. The molecule has 2 aromatic rings. The summed E-state index contributed by atoms with van der Waals surface area (Å²) in [7, 11) is 1.47. The minimum atomic E-state index is -0.393. The highest BCUT2D eigenvalue weighted by Crippen LogP contribution is 2.22. The molecule has 0 saturated heterocycles. The van der Waals surface area contributed by atoms with Crippen LogP contribution < -0.4 is 10.5 Å². The van der Waals surface area contributed by atoms with Crippen LogP contribution in [0, 0.1) is 5.82 Å². The van der Waals surface area contributed by atoms with E-state index in [2.05, 4.69) is 9.97 Å². The third-order valence-corrected chi connectivity index (χ3v) is 2.05. The van der Waals surface area contributed by atoms with Gasteiger partial charge in [0.25, 0.3) is 0 Å². The number of halogens is 1. The van der Waals surface area contributed by atoms with E-state index in [-0.39, 0.29) is 11.6 Å². The second-order valence-electron chi connectivity index (χ2n) is 3.14. The van der Waals surface area contributed by atoms with Gasteiger partial charge in [-0.25, -0.2) is 9.37 Å². The number of benzene rings is 1. The Balaban J connectivity index is 2.56. The van der Waals surface area contributed by atoms with Crippen molar-refractivity contribution in [2.45, 2.75) is 0 Å². The van der Waals surface area contributed by atoms with Crippen molar-refractivity contribution in [2.24, 2.45) is 0 Å². The number of hydrogen-bond donors (Lipinski definition) is 1. The van der Waals surface area contributed by atoms with Crippen LogP contribution in [0.4, 0.5) is 10.2 Å². The molecule has 1 aromatic carbocycles. The van der Waals surface area contributed by atoms with Gasteiger partial charge in [-0.1, -0.05) is 12.1 Å². The van der Waals surface area contributed by atoms with Crippen molar-refractivity contribution in [2.75, 3.05) is 12.8 Å². The number of ether oxygens (including phenoxy) is 1. The summed E-state index contributed by atoms with van der Waals surface area (Å²) in [6, 6.07) is 7.71. The highest BCUT2D eigenvalue weighted by molar-refractivity contribution is 5.58. The average molecular weight is 219 g/mol. The molecule has 0 amide bonds. The molecule has 0 aliphatic carbocycles. The predicted molar refractivity (Wildman–Crippen MR) is 58.4 cm³/mol. The lowest BCUT2D eigenvalue weighted by Crippen LogP contribution is -1.99. The fraction of sp³-hybridized carbons (Fsp3) is 0.0909. The summed E-state index contributed by atoms with van der Waals surface area (Å²) < 4.78 is 18.4. The number of nitrogen functional groups attached to an aromatic ring is 1. The number of anilines is 1. The van der Waals surface area contributed by atoms with Gasteiger partial charge >= 0.3 is 0 Å². The van der Waals surface area contributed by atoms with Crippen LogP contribution >= 0.6 is 0 Å². The Hall–Kier alpha value is -2.17. The molecule has 0 fully saturated rings. The first-order valence-corrected chi connectivity index (χ1v) is 4.64. The normalized spacial score (nSPS) is 10.1. The van der Waals surface area contributed by atoms with Crippen LogP contribution in [-0.4, -0.2) is 17.1 Å². The third kappa shape index (κ3) is 1.93. The molecule has 16 heavy (non-hydrogen) atoms. The Kier molecular flexibility index (Phi) is 2.68. The van der Waals surface area contributed by atoms with Gasteiger partial charge in [-0.05, 0) is 12.1 Å². The van der Waals surface area contributed by atoms with E-state index in [0.29, 0.717) is 11.4 Å². The number of rotatable bonds is 2. The largest absolute Gasteiger partial charge is 0.481 e. The highest BCUT2D eigenvalue weighted by atomic mass is 19.1. The molecule has 0 unspecified atom stereocenters. The van der Waals surface area contributed by atoms with E-state index in [0.717, 1.165) is 0 Å². The highest BCUT2D eigenvalue weighted by Gasteiger charge is 2.09. The molecular formula is C11H10FN3O. The molecule has 2 N–H and O–H groups in total. The quantitative estimate of drug-likeness (QED) is 0.837. The van der Waals surface area contributed by atoms with E-state index < -0.39 is 5.82 Å². The van der Waals surface area contributed by atoms with Crippen molar-refractivity contribution < 1.29 is 9.13 Å². The van der Waals surface area contributed by atoms with Crippen molar-refractivity contribution >= 4 is 5.82 Å². The van der Waals surface area contributed by atoms with Gasteiger partial charge < -0.3 is 10.5 Å². The number of methoxy groups -OCH3 is 1. The Morgan fingerprint density at radius 2 is 2.00 bits per heavy atom. The van der Waals surface area contributed by atoms with E-state index in [1.807, 2.05) is 0 Å². The molecule has 0 atom stereocenters.